The van der Waals surface area contributed by atoms with Crippen LogP contribution < -0.4 is 0 Å². The molecule has 9 atom stereocenters. The molecule has 0 aromatic carbocycles. The Morgan fingerprint density at radius 3 is 2.89 bits per heavy atom. The number of fused-ring (bicyclic) bond motifs is 7. The van der Waals surface area contributed by atoms with Crippen molar-refractivity contribution in [3.05, 3.63) is 11.6 Å². The van der Waals surface area contributed by atoms with Gasteiger partial charge in [-0.2, -0.15) is 0 Å². The minimum Gasteiger partial charge on any atom is -0.393 e. The van der Waals surface area contributed by atoms with E-state index in [1.54, 1.807) is 5.57 Å². The Labute approximate surface area is 167 Å². The van der Waals surface area contributed by atoms with Crippen LogP contribution >= 0.6 is 0 Å². The summed E-state index contributed by atoms with van der Waals surface area (Å²) in [5, 5.41) is 21.2. The van der Waals surface area contributed by atoms with Crippen molar-refractivity contribution < 1.29 is 24.5 Å². The first kappa shape index (κ1) is 19.2. The zero-order valence-corrected chi connectivity index (χ0v) is 17.3. The quantitative estimate of drug-likeness (QED) is 0.709. The lowest BCUT2D eigenvalue weighted by Crippen LogP contribution is -2.63. The number of carbonyl (C=O) groups excluding carboxylic acids is 1. The summed E-state index contributed by atoms with van der Waals surface area (Å²) >= 11 is 0. The van der Waals surface area contributed by atoms with Crippen LogP contribution in [0.3, 0.4) is 0 Å². The molecule has 5 heteroatoms. The Morgan fingerprint density at radius 2 is 2.14 bits per heavy atom. The molecular formula is C23H34O5. The normalized spacial score (nSPS) is 55.0. The highest BCUT2D eigenvalue weighted by Crippen LogP contribution is 2.70. The van der Waals surface area contributed by atoms with Gasteiger partial charge in [-0.3, -0.25) is 4.79 Å². The second-order valence-electron chi connectivity index (χ2n) is 10.4. The van der Waals surface area contributed by atoms with Crippen LogP contribution in [-0.4, -0.2) is 46.7 Å². The number of aliphatic hydroxyl groups is 2. The van der Waals surface area contributed by atoms with Gasteiger partial charge in [0.1, 0.15) is 6.61 Å². The van der Waals surface area contributed by atoms with Gasteiger partial charge in [-0.15, -0.1) is 0 Å². The van der Waals surface area contributed by atoms with Crippen molar-refractivity contribution >= 4 is 5.78 Å². The monoisotopic (exact) mass is 390 g/mol. The van der Waals surface area contributed by atoms with Gasteiger partial charge in [0, 0.05) is 5.41 Å². The van der Waals surface area contributed by atoms with Crippen LogP contribution in [0.15, 0.2) is 11.6 Å². The van der Waals surface area contributed by atoms with E-state index in [1.807, 2.05) is 6.92 Å². The summed E-state index contributed by atoms with van der Waals surface area (Å²) < 4.78 is 12.3. The number of hydrogen-bond donors (Lipinski definition) is 2. The molecule has 2 N–H and O–H groups in total. The van der Waals surface area contributed by atoms with Gasteiger partial charge in [-0.25, -0.2) is 0 Å². The number of aliphatic hydroxyl groups excluding tert-OH is 2. The highest BCUT2D eigenvalue weighted by atomic mass is 16.7. The molecule has 5 aliphatic rings. The third-order valence-corrected chi connectivity index (χ3v) is 9.39. The lowest BCUT2D eigenvalue weighted by molar-refractivity contribution is -0.200. The largest absolute Gasteiger partial charge is 0.393 e. The molecule has 5 nitrogen and oxygen atoms in total. The van der Waals surface area contributed by atoms with E-state index in [2.05, 4.69) is 19.9 Å². The van der Waals surface area contributed by atoms with E-state index in [0.29, 0.717) is 12.3 Å². The molecule has 1 aliphatic heterocycles. The van der Waals surface area contributed by atoms with Crippen molar-refractivity contribution in [2.75, 3.05) is 6.61 Å². The summed E-state index contributed by atoms with van der Waals surface area (Å²) in [6.45, 7) is 5.76. The standard InChI is InChI=1S/C23H34O5/c1-13-27-19-10-16-15-8-7-14-6-4-5-9-21(14,2)20(15)17(25)11-22(16,3)23(19,28-13)18(26)12-24/h6,13,15-17,19-20,24-25H,4-5,7-12H2,1-3H3/t13?,15-,16-,17-,19+,20+,21-,22-,23+/m0/s1. The molecular weight excluding hydrogens is 356 g/mol. The zero-order chi connectivity index (χ0) is 19.9. The van der Waals surface area contributed by atoms with E-state index < -0.39 is 30.0 Å². The lowest BCUT2D eigenvalue weighted by atomic mass is 9.45. The number of ketones is 1. The SMILES string of the molecule is CC1O[C@@H]2C[C@H]3[C@@H]4CCC5=CCCC[C@]5(C)[C@H]4[C@@H](O)C[C@]3(C)[C@]2(C(=O)CO)O1. The molecule has 1 heterocycles. The lowest BCUT2D eigenvalue weighted by Gasteiger charge is -2.60. The molecule has 0 radical (unpaired) electrons. The molecule has 0 bridgehead atoms. The molecule has 0 aromatic heterocycles. The Bertz CT molecular complexity index is 718. The van der Waals surface area contributed by atoms with Crippen LogP contribution in [-0.2, 0) is 14.3 Å². The molecule has 5 rings (SSSR count). The van der Waals surface area contributed by atoms with E-state index in [9.17, 15) is 15.0 Å². The van der Waals surface area contributed by atoms with Crippen molar-refractivity contribution in [3.8, 4) is 0 Å². The summed E-state index contributed by atoms with van der Waals surface area (Å²) in [7, 11) is 0. The van der Waals surface area contributed by atoms with E-state index in [-0.39, 0.29) is 29.1 Å². The molecule has 156 valence electrons. The molecule has 28 heavy (non-hydrogen) atoms. The number of allylic oxidation sites excluding steroid dienone is 2. The average Bonchev–Trinajstić information content (AvgIpc) is 3.11. The third-order valence-electron chi connectivity index (χ3n) is 9.39. The second kappa shape index (κ2) is 6.13. The van der Waals surface area contributed by atoms with Crippen LogP contribution in [0, 0.1) is 28.6 Å². The van der Waals surface area contributed by atoms with Crippen LogP contribution in [0.5, 0.6) is 0 Å². The first-order valence-electron chi connectivity index (χ1n) is 11.1. The second-order valence-corrected chi connectivity index (χ2v) is 10.4. The summed E-state index contributed by atoms with van der Waals surface area (Å²) in [4.78, 5) is 13.0. The van der Waals surface area contributed by atoms with Gasteiger partial charge in [-0.05, 0) is 75.0 Å². The minimum absolute atomic E-state index is 0.0722. The predicted octanol–water partition coefficient (Wildman–Crippen LogP) is 2.98. The fraction of sp³-hybridized carbons (Fsp3) is 0.870. The fourth-order valence-corrected chi connectivity index (χ4v) is 8.42. The zero-order valence-electron chi connectivity index (χ0n) is 17.3. The van der Waals surface area contributed by atoms with Crippen molar-refractivity contribution in [2.45, 2.75) is 89.8 Å². The Hall–Kier alpha value is -0.750. The first-order chi connectivity index (χ1) is 13.3. The van der Waals surface area contributed by atoms with E-state index in [4.69, 9.17) is 9.47 Å². The minimum atomic E-state index is -1.12. The van der Waals surface area contributed by atoms with Crippen molar-refractivity contribution in [1.82, 2.24) is 0 Å². The van der Waals surface area contributed by atoms with Gasteiger partial charge < -0.3 is 19.7 Å². The van der Waals surface area contributed by atoms with Crippen molar-refractivity contribution in [3.63, 3.8) is 0 Å². The number of rotatable bonds is 2. The molecule has 0 spiro atoms. The summed E-state index contributed by atoms with van der Waals surface area (Å²) in [6.07, 6.45) is 8.18. The third kappa shape index (κ3) is 2.14. The van der Waals surface area contributed by atoms with Crippen LogP contribution in [0.2, 0.25) is 0 Å². The highest BCUT2D eigenvalue weighted by Gasteiger charge is 2.75. The van der Waals surface area contributed by atoms with Crippen molar-refractivity contribution in [2.24, 2.45) is 28.6 Å². The van der Waals surface area contributed by atoms with Gasteiger partial charge in [0.15, 0.2) is 17.7 Å². The predicted molar refractivity (Wildman–Crippen MR) is 103 cm³/mol. The molecule has 0 aromatic rings. The average molecular weight is 391 g/mol. The van der Waals surface area contributed by atoms with Crippen molar-refractivity contribution in [1.29, 1.82) is 0 Å². The Kier molecular flexibility index (Phi) is 4.21. The highest BCUT2D eigenvalue weighted by molar-refractivity contribution is 5.91. The maximum atomic E-state index is 13.0. The van der Waals surface area contributed by atoms with E-state index >= 15 is 0 Å². The topological polar surface area (TPSA) is 76.0 Å². The maximum absolute atomic E-state index is 13.0. The molecule has 0 amide bonds. The summed E-state index contributed by atoms with van der Waals surface area (Å²) in [5.41, 5.74) is -0.0118. The van der Waals surface area contributed by atoms with Crippen LogP contribution in [0.25, 0.3) is 0 Å². The van der Waals surface area contributed by atoms with Gasteiger partial charge in [0.2, 0.25) is 0 Å². The number of ether oxygens (including phenoxy) is 2. The maximum Gasteiger partial charge on any atom is 0.193 e. The molecule has 3 saturated carbocycles. The first-order valence-corrected chi connectivity index (χ1v) is 11.1. The van der Waals surface area contributed by atoms with Crippen LogP contribution in [0.4, 0.5) is 0 Å². The molecule has 4 fully saturated rings. The number of carbonyl (C=O) groups is 1. The summed E-state index contributed by atoms with van der Waals surface area (Å²) in [5.74, 6) is 0.598. The number of Topliss-reactive ketones (excluding diaryl/α,β-unsaturated/α-hetero) is 1. The van der Waals surface area contributed by atoms with Gasteiger partial charge >= 0.3 is 0 Å². The fourth-order valence-electron chi connectivity index (χ4n) is 8.42. The van der Waals surface area contributed by atoms with E-state index in [1.165, 1.54) is 6.42 Å². The van der Waals surface area contributed by atoms with Gasteiger partial charge in [0.25, 0.3) is 0 Å². The molecule has 1 saturated heterocycles. The Morgan fingerprint density at radius 1 is 1.36 bits per heavy atom. The van der Waals surface area contributed by atoms with Gasteiger partial charge in [0.05, 0.1) is 12.2 Å². The van der Waals surface area contributed by atoms with Gasteiger partial charge in [-0.1, -0.05) is 25.5 Å². The molecule has 1 unspecified atom stereocenters. The summed E-state index contributed by atoms with van der Waals surface area (Å²) in [6, 6.07) is 0. The smallest absolute Gasteiger partial charge is 0.193 e. The van der Waals surface area contributed by atoms with Crippen LogP contribution in [0.1, 0.15) is 65.7 Å². The Balaban J connectivity index is 1.58. The number of hydrogen-bond acceptors (Lipinski definition) is 5. The van der Waals surface area contributed by atoms with E-state index in [0.717, 1.165) is 32.1 Å². The molecule has 4 aliphatic carbocycles.